The monoisotopic (exact) mass is 791 g/mol. The summed E-state index contributed by atoms with van der Waals surface area (Å²) in [5.41, 5.74) is 5.24. The maximum absolute atomic E-state index is 6.72. The number of nitrogens with zero attached hydrogens (tertiary/aromatic N) is 4. The summed E-state index contributed by atoms with van der Waals surface area (Å²) >= 11 is 0. The average molecular weight is 792 g/mol. The average Bonchev–Trinajstić information content (AvgIpc) is 3.80. The van der Waals surface area contributed by atoms with E-state index >= 15 is 0 Å². The van der Waals surface area contributed by atoms with E-state index < -0.39 is 0 Å². The minimum absolute atomic E-state index is 0. The van der Waals surface area contributed by atoms with Crippen LogP contribution < -0.4 is 9.64 Å². The van der Waals surface area contributed by atoms with Crippen LogP contribution in [0.3, 0.4) is 0 Å². The van der Waals surface area contributed by atoms with E-state index in [9.17, 15) is 0 Å². The number of imidazole rings is 1. The number of pyridine rings is 1. The Kier molecular flexibility index (Phi) is 7.11. The third-order valence-electron chi connectivity index (χ3n) is 8.14. The number of anilines is 3. The first-order chi connectivity index (χ1) is 22.7. The first-order valence-corrected chi connectivity index (χ1v) is 14.9. The fourth-order valence-corrected chi connectivity index (χ4v) is 6.08. The van der Waals surface area contributed by atoms with Gasteiger partial charge in [-0.3, -0.25) is 4.98 Å². The van der Waals surface area contributed by atoms with E-state index in [4.69, 9.17) is 18.6 Å². The molecule has 4 heterocycles. The molecule has 0 saturated heterocycles. The second kappa shape index (κ2) is 11.6. The first-order valence-electron chi connectivity index (χ1n) is 14.9. The number of fused-ring (bicyclic) bond motifs is 6. The number of aryl methyl sites for hydroxylation is 1. The van der Waals surface area contributed by atoms with Crippen molar-refractivity contribution < 1.29 is 34.6 Å². The number of hydrogen-bond donors (Lipinski definition) is 0. The zero-order chi connectivity index (χ0) is 30.6. The van der Waals surface area contributed by atoms with Gasteiger partial charge >= 0.3 is 21.1 Å². The number of benzene rings is 5. The molecule has 0 bridgehead atoms. The molecule has 0 aliphatic carbocycles. The van der Waals surface area contributed by atoms with Gasteiger partial charge in [-0.25, -0.2) is 4.98 Å². The van der Waals surface area contributed by atoms with Crippen molar-refractivity contribution in [2.75, 3.05) is 4.90 Å². The predicted octanol–water partition coefficient (Wildman–Crippen LogP) is 10.1. The first kappa shape index (κ1) is 28.8. The number of ether oxygens (including phenoxy) is 1. The Morgan fingerprint density at radius 1 is 0.702 bits per heavy atom. The Balaban J connectivity index is 0.00000324. The fourth-order valence-electron chi connectivity index (χ4n) is 6.08. The van der Waals surface area contributed by atoms with Crippen LogP contribution >= 0.6 is 0 Å². The molecule has 5 aromatic carbocycles. The molecule has 0 N–H and O–H groups in total. The third-order valence-corrected chi connectivity index (χ3v) is 8.14. The van der Waals surface area contributed by atoms with Gasteiger partial charge < -0.3 is 23.0 Å². The second-order valence-electron chi connectivity index (χ2n) is 11.0. The Labute approximate surface area is 283 Å². The minimum Gasteiger partial charge on any atom is -0.512 e. The molecule has 0 fully saturated rings. The van der Waals surface area contributed by atoms with Crippen molar-refractivity contribution in [3.8, 4) is 22.9 Å². The number of para-hydroxylation sites is 3. The van der Waals surface area contributed by atoms with Gasteiger partial charge in [0.1, 0.15) is 17.0 Å². The van der Waals surface area contributed by atoms with Crippen molar-refractivity contribution >= 4 is 61.1 Å². The fraction of sp³-hybridized carbons (Fsp3) is 0.0256. The van der Waals surface area contributed by atoms with Gasteiger partial charge in [0.15, 0.2) is 0 Å². The summed E-state index contributed by atoms with van der Waals surface area (Å²) in [5, 5.41) is 3.78. The van der Waals surface area contributed by atoms with Crippen LogP contribution in [0.4, 0.5) is 17.2 Å². The molecule has 9 rings (SSSR count). The Morgan fingerprint density at radius 2 is 1.45 bits per heavy atom. The van der Waals surface area contributed by atoms with Gasteiger partial charge in [-0.15, -0.1) is 12.1 Å². The normalized spacial score (nSPS) is 11.3. The van der Waals surface area contributed by atoms with E-state index in [1.165, 1.54) is 0 Å². The minimum atomic E-state index is 0. The summed E-state index contributed by atoms with van der Waals surface area (Å²) in [6.45, 7) is 0. The topological polar surface area (TPSA) is 69.5 Å². The summed E-state index contributed by atoms with van der Waals surface area (Å²) in [7, 11) is 1.96. The van der Waals surface area contributed by atoms with Crippen LogP contribution in [0.5, 0.6) is 11.5 Å². The third kappa shape index (κ3) is 4.87. The standard InChI is InChI=1S/C39H24N4O3.Pt/c1-42-20-19-41-39(42)31-23-27(24-34-37(31)29-14-6-8-16-33(29)45-34)44-35-22-26(21-30-28-13-5-7-15-32(28)46-38(30)35)43(25-11-3-2-4-12-25)36-17-9-10-18-40-36;/h2-21,24H,1H3;/q-2;+2. The van der Waals surface area contributed by atoms with Crippen LogP contribution in [-0.2, 0) is 28.1 Å². The largest absolute Gasteiger partial charge is 2.00 e. The summed E-state index contributed by atoms with van der Waals surface area (Å²) in [6, 6.07) is 42.9. The van der Waals surface area contributed by atoms with Gasteiger partial charge in [0.25, 0.3) is 0 Å². The molecule has 0 radical (unpaired) electrons. The Hall–Kier alpha value is -5.65. The van der Waals surface area contributed by atoms with Gasteiger partial charge in [-0.05, 0) is 41.8 Å². The number of furan rings is 2. The summed E-state index contributed by atoms with van der Waals surface area (Å²) in [6.07, 6.45) is 5.47. The number of rotatable bonds is 6. The van der Waals surface area contributed by atoms with Crippen molar-refractivity contribution in [2.24, 2.45) is 7.05 Å². The second-order valence-corrected chi connectivity index (χ2v) is 11.0. The molecule has 47 heavy (non-hydrogen) atoms. The zero-order valence-electron chi connectivity index (χ0n) is 25.0. The van der Waals surface area contributed by atoms with Gasteiger partial charge in [0, 0.05) is 42.5 Å². The van der Waals surface area contributed by atoms with Crippen molar-refractivity contribution in [3.05, 3.63) is 140 Å². The molecule has 9 aromatic rings. The molecule has 0 spiro atoms. The van der Waals surface area contributed by atoms with Crippen LogP contribution in [-0.4, -0.2) is 14.5 Å². The molecular weight excluding hydrogens is 768 g/mol. The molecule has 0 saturated carbocycles. The van der Waals surface area contributed by atoms with Gasteiger partial charge in [-0.1, -0.05) is 94.8 Å². The van der Waals surface area contributed by atoms with E-state index in [1.807, 2.05) is 121 Å². The molecule has 7 nitrogen and oxygen atoms in total. The maximum atomic E-state index is 6.72. The summed E-state index contributed by atoms with van der Waals surface area (Å²) in [5.74, 6) is 2.36. The summed E-state index contributed by atoms with van der Waals surface area (Å²) < 4.78 is 21.4. The van der Waals surface area contributed by atoms with Crippen LogP contribution in [0, 0.1) is 12.1 Å². The van der Waals surface area contributed by atoms with Crippen molar-refractivity contribution in [1.29, 1.82) is 0 Å². The van der Waals surface area contributed by atoms with E-state index in [0.29, 0.717) is 22.7 Å². The zero-order valence-corrected chi connectivity index (χ0v) is 27.2. The van der Waals surface area contributed by atoms with Gasteiger partial charge in [0.2, 0.25) is 0 Å². The van der Waals surface area contributed by atoms with Crippen LogP contribution in [0.1, 0.15) is 0 Å². The molecule has 0 aliphatic rings. The molecular formula is C39H24N4O3Pt. The van der Waals surface area contributed by atoms with Crippen LogP contribution in [0.15, 0.2) is 137 Å². The number of aromatic nitrogens is 3. The van der Waals surface area contributed by atoms with Crippen molar-refractivity contribution in [1.82, 2.24) is 14.5 Å². The maximum Gasteiger partial charge on any atom is 2.00 e. The van der Waals surface area contributed by atoms with E-state index in [0.717, 1.165) is 61.3 Å². The molecule has 0 amide bonds. The molecule has 0 unspecified atom stereocenters. The Bertz CT molecular complexity index is 2500. The SMILES string of the molecule is Cn1ccnc1-c1[c-]c(Oc2[c-]c(N(c3ccccc3)c3ccccn3)cc3c2oc2ccccc23)cc2oc3ccccc3c12.[Pt+2]. The van der Waals surface area contributed by atoms with Gasteiger partial charge in [-0.2, -0.15) is 0 Å². The van der Waals surface area contributed by atoms with Crippen LogP contribution in [0.25, 0.3) is 55.3 Å². The van der Waals surface area contributed by atoms with Crippen molar-refractivity contribution in [2.45, 2.75) is 0 Å². The quantitative estimate of drug-likeness (QED) is 0.156. The van der Waals surface area contributed by atoms with Crippen LogP contribution in [0.2, 0.25) is 0 Å². The molecule has 0 aliphatic heterocycles. The Morgan fingerprint density at radius 3 is 2.21 bits per heavy atom. The van der Waals surface area contributed by atoms with E-state index in [-0.39, 0.29) is 21.1 Å². The molecule has 4 aromatic heterocycles. The number of hydrogen-bond acceptors (Lipinski definition) is 6. The molecule has 0 atom stereocenters. The van der Waals surface area contributed by atoms with Gasteiger partial charge in [0.05, 0.1) is 22.7 Å². The smallest absolute Gasteiger partial charge is 0.512 e. The molecule has 8 heteroatoms. The predicted molar refractivity (Wildman–Crippen MR) is 180 cm³/mol. The summed E-state index contributed by atoms with van der Waals surface area (Å²) in [4.78, 5) is 11.4. The van der Waals surface area contributed by atoms with Crippen molar-refractivity contribution in [3.63, 3.8) is 0 Å². The van der Waals surface area contributed by atoms with E-state index in [2.05, 4.69) is 28.1 Å². The molecule has 228 valence electrons. The van der Waals surface area contributed by atoms with E-state index in [1.54, 1.807) is 12.4 Å².